The Labute approximate surface area is 183 Å². The number of amides is 2. The van der Waals surface area contributed by atoms with Gasteiger partial charge in [0.1, 0.15) is 5.82 Å². The summed E-state index contributed by atoms with van der Waals surface area (Å²) < 4.78 is 58.0. The van der Waals surface area contributed by atoms with Gasteiger partial charge in [0.05, 0.1) is 23.7 Å². The Kier molecular flexibility index (Phi) is 7.40. The van der Waals surface area contributed by atoms with Gasteiger partial charge in [0.2, 0.25) is 5.91 Å². The third kappa shape index (κ3) is 5.39. The summed E-state index contributed by atoms with van der Waals surface area (Å²) in [5.74, 6) is -2.73. The molecule has 0 spiro atoms. The minimum atomic E-state index is -4.85. The molecule has 0 aliphatic carbocycles. The second-order valence-electron chi connectivity index (χ2n) is 8.11. The van der Waals surface area contributed by atoms with Gasteiger partial charge in [-0.3, -0.25) is 14.4 Å². The zero-order valence-corrected chi connectivity index (χ0v) is 17.8. The maximum Gasteiger partial charge on any atom is 0.417 e. The lowest BCUT2D eigenvalue weighted by Crippen LogP contribution is -2.47. The summed E-state index contributed by atoms with van der Waals surface area (Å²) in [5.41, 5.74) is -1.89. The number of halogens is 4. The standard InChI is InChI=1S/C22H26F4N2O4/c1-2-32-21(31)15-7-11-27(12-8-15)19(29)14-5-9-28(10-6-14)20(30)17-4-3-16(23)13-18(17)22(24,25)26/h3-4,13-15H,2,5-12H2,1H3. The van der Waals surface area contributed by atoms with Crippen LogP contribution in [0.1, 0.15) is 48.5 Å². The van der Waals surface area contributed by atoms with Crippen LogP contribution in [0, 0.1) is 17.7 Å². The second kappa shape index (κ2) is 9.87. The zero-order valence-electron chi connectivity index (χ0n) is 17.8. The van der Waals surface area contributed by atoms with E-state index < -0.39 is 29.0 Å². The van der Waals surface area contributed by atoms with Crippen molar-refractivity contribution in [2.45, 2.75) is 38.8 Å². The molecule has 2 heterocycles. The fraction of sp³-hybridized carbons (Fsp3) is 0.591. The van der Waals surface area contributed by atoms with Crippen molar-refractivity contribution >= 4 is 17.8 Å². The van der Waals surface area contributed by atoms with E-state index in [-0.39, 0.29) is 36.8 Å². The molecule has 0 unspecified atom stereocenters. The van der Waals surface area contributed by atoms with Crippen molar-refractivity contribution in [1.29, 1.82) is 0 Å². The third-order valence-electron chi connectivity index (χ3n) is 6.08. The Hall–Kier alpha value is -2.65. The van der Waals surface area contributed by atoms with E-state index in [9.17, 15) is 31.9 Å². The number of carbonyl (C=O) groups is 3. The lowest BCUT2D eigenvalue weighted by Gasteiger charge is -2.37. The molecule has 2 aliphatic heterocycles. The number of esters is 1. The fourth-order valence-electron chi connectivity index (χ4n) is 4.29. The first-order chi connectivity index (χ1) is 15.1. The van der Waals surface area contributed by atoms with E-state index in [0.717, 1.165) is 12.1 Å². The van der Waals surface area contributed by atoms with Gasteiger partial charge in [-0.25, -0.2) is 4.39 Å². The molecule has 0 bridgehead atoms. The molecule has 1 aromatic carbocycles. The highest BCUT2D eigenvalue weighted by Crippen LogP contribution is 2.34. The average Bonchev–Trinajstić information content (AvgIpc) is 2.78. The number of alkyl halides is 3. The van der Waals surface area contributed by atoms with E-state index in [1.165, 1.54) is 4.90 Å². The molecule has 2 amide bonds. The van der Waals surface area contributed by atoms with Gasteiger partial charge in [-0.15, -0.1) is 0 Å². The molecule has 2 saturated heterocycles. The molecular weight excluding hydrogens is 432 g/mol. The minimum absolute atomic E-state index is 0.0582. The van der Waals surface area contributed by atoms with Gasteiger partial charge >= 0.3 is 12.1 Å². The van der Waals surface area contributed by atoms with Crippen molar-refractivity contribution in [3.05, 3.63) is 35.1 Å². The van der Waals surface area contributed by atoms with Crippen molar-refractivity contribution in [3.8, 4) is 0 Å². The molecule has 10 heteroatoms. The molecule has 0 radical (unpaired) electrons. The topological polar surface area (TPSA) is 66.9 Å². The number of benzene rings is 1. The molecule has 0 saturated carbocycles. The smallest absolute Gasteiger partial charge is 0.417 e. The summed E-state index contributed by atoms with van der Waals surface area (Å²) in [6.45, 7) is 3.25. The predicted octanol–water partition coefficient (Wildman–Crippen LogP) is 3.50. The summed E-state index contributed by atoms with van der Waals surface area (Å²) in [6.07, 6.45) is -3.10. The zero-order chi connectivity index (χ0) is 23.5. The number of hydrogen-bond donors (Lipinski definition) is 0. The Morgan fingerprint density at radius 3 is 2.09 bits per heavy atom. The fourth-order valence-corrected chi connectivity index (χ4v) is 4.29. The van der Waals surface area contributed by atoms with Crippen LogP contribution in [0.15, 0.2) is 18.2 Å². The highest BCUT2D eigenvalue weighted by molar-refractivity contribution is 5.96. The normalized spacial score (nSPS) is 18.5. The Balaban J connectivity index is 1.56. The Bertz CT molecular complexity index is 858. The first-order valence-corrected chi connectivity index (χ1v) is 10.7. The van der Waals surface area contributed by atoms with Crippen LogP contribution in [0.2, 0.25) is 0 Å². The molecule has 176 valence electrons. The van der Waals surface area contributed by atoms with Crippen molar-refractivity contribution in [1.82, 2.24) is 9.80 Å². The van der Waals surface area contributed by atoms with Crippen LogP contribution in [0.4, 0.5) is 17.6 Å². The van der Waals surface area contributed by atoms with Crippen molar-refractivity contribution in [2.24, 2.45) is 11.8 Å². The average molecular weight is 458 g/mol. The first kappa shape index (κ1) is 24.0. The second-order valence-corrected chi connectivity index (χ2v) is 8.11. The van der Waals surface area contributed by atoms with Gasteiger partial charge < -0.3 is 14.5 Å². The molecular formula is C22H26F4N2O4. The van der Waals surface area contributed by atoms with Crippen LogP contribution in [0.25, 0.3) is 0 Å². The third-order valence-corrected chi connectivity index (χ3v) is 6.08. The van der Waals surface area contributed by atoms with E-state index in [2.05, 4.69) is 0 Å². The molecule has 2 aliphatic rings. The molecule has 32 heavy (non-hydrogen) atoms. The van der Waals surface area contributed by atoms with Gasteiger partial charge in [-0.05, 0) is 50.8 Å². The van der Waals surface area contributed by atoms with Gasteiger partial charge in [-0.1, -0.05) is 0 Å². The Morgan fingerprint density at radius 1 is 0.969 bits per heavy atom. The summed E-state index contributed by atoms with van der Waals surface area (Å²) in [7, 11) is 0. The van der Waals surface area contributed by atoms with Crippen molar-refractivity contribution in [3.63, 3.8) is 0 Å². The van der Waals surface area contributed by atoms with Crippen molar-refractivity contribution in [2.75, 3.05) is 32.8 Å². The number of carbonyl (C=O) groups excluding carboxylic acids is 3. The van der Waals surface area contributed by atoms with E-state index in [0.29, 0.717) is 51.4 Å². The maximum absolute atomic E-state index is 13.3. The Morgan fingerprint density at radius 2 is 1.53 bits per heavy atom. The number of piperidine rings is 2. The van der Waals surface area contributed by atoms with Crippen molar-refractivity contribution < 1.29 is 36.7 Å². The molecule has 1 aromatic rings. The van der Waals surface area contributed by atoms with Crippen LogP contribution in [0.3, 0.4) is 0 Å². The van der Waals surface area contributed by atoms with Crippen LogP contribution < -0.4 is 0 Å². The first-order valence-electron chi connectivity index (χ1n) is 10.7. The highest BCUT2D eigenvalue weighted by Gasteiger charge is 2.38. The minimum Gasteiger partial charge on any atom is -0.466 e. The van der Waals surface area contributed by atoms with E-state index in [1.807, 2.05) is 0 Å². The number of ether oxygens (including phenoxy) is 1. The summed E-state index contributed by atoms with van der Waals surface area (Å²) in [6, 6.07) is 2.01. The largest absolute Gasteiger partial charge is 0.466 e. The van der Waals surface area contributed by atoms with Gasteiger partial charge in [0.15, 0.2) is 0 Å². The quantitative estimate of drug-likeness (QED) is 0.512. The molecule has 0 aromatic heterocycles. The van der Waals surface area contributed by atoms with Crippen LogP contribution in [0.5, 0.6) is 0 Å². The SMILES string of the molecule is CCOC(=O)C1CCN(C(=O)C2CCN(C(=O)c3ccc(F)cc3C(F)(F)F)CC2)CC1. The predicted molar refractivity (Wildman–Crippen MR) is 106 cm³/mol. The van der Waals surface area contributed by atoms with E-state index in [4.69, 9.17) is 4.74 Å². The van der Waals surface area contributed by atoms with Gasteiger partial charge in [-0.2, -0.15) is 13.2 Å². The van der Waals surface area contributed by atoms with Gasteiger partial charge in [0.25, 0.3) is 5.91 Å². The maximum atomic E-state index is 13.3. The number of likely N-dealkylation sites (tertiary alicyclic amines) is 2. The molecule has 0 atom stereocenters. The molecule has 2 fully saturated rings. The number of rotatable bonds is 4. The number of nitrogens with zero attached hydrogens (tertiary/aromatic N) is 2. The highest BCUT2D eigenvalue weighted by atomic mass is 19.4. The summed E-state index contributed by atoms with van der Waals surface area (Å²) in [4.78, 5) is 40.3. The molecule has 3 rings (SSSR count). The lowest BCUT2D eigenvalue weighted by atomic mass is 9.91. The monoisotopic (exact) mass is 458 g/mol. The summed E-state index contributed by atoms with van der Waals surface area (Å²) in [5, 5.41) is 0. The van der Waals surface area contributed by atoms with Crippen LogP contribution in [-0.2, 0) is 20.5 Å². The molecule has 6 nitrogen and oxygen atoms in total. The van der Waals surface area contributed by atoms with E-state index in [1.54, 1.807) is 11.8 Å². The van der Waals surface area contributed by atoms with Crippen LogP contribution in [-0.4, -0.2) is 60.4 Å². The van der Waals surface area contributed by atoms with E-state index >= 15 is 0 Å². The van der Waals surface area contributed by atoms with Crippen LogP contribution >= 0.6 is 0 Å². The molecule has 0 N–H and O–H groups in total. The number of hydrogen-bond acceptors (Lipinski definition) is 4. The van der Waals surface area contributed by atoms with Gasteiger partial charge in [0, 0.05) is 32.1 Å². The lowest BCUT2D eigenvalue weighted by molar-refractivity contribution is -0.152. The summed E-state index contributed by atoms with van der Waals surface area (Å²) >= 11 is 0.